The molecule has 0 aliphatic carbocycles. The van der Waals surface area contributed by atoms with Crippen molar-refractivity contribution < 1.29 is 24.0 Å². The van der Waals surface area contributed by atoms with Gasteiger partial charge in [0, 0.05) is 30.8 Å². The van der Waals surface area contributed by atoms with Crippen LogP contribution in [0.1, 0.15) is 59.9 Å². The molecule has 2 rings (SSSR count). The van der Waals surface area contributed by atoms with Crippen molar-refractivity contribution in [2.24, 2.45) is 0 Å². The molecule has 9 heteroatoms. The van der Waals surface area contributed by atoms with Gasteiger partial charge in [-0.05, 0) is 66.0 Å². The van der Waals surface area contributed by atoms with Crippen molar-refractivity contribution in [2.75, 3.05) is 13.1 Å². The van der Waals surface area contributed by atoms with Crippen LogP contribution in [0.5, 0.6) is 0 Å². The second-order valence-electron chi connectivity index (χ2n) is 10.3. The molecule has 1 aromatic carbocycles. The van der Waals surface area contributed by atoms with Crippen molar-refractivity contribution in [2.45, 2.75) is 78.7 Å². The molecule has 1 fully saturated rings. The van der Waals surface area contributed by atoms with Crippen LogP contribution in [0.25, 0.3) is 0 Å². The Labute approximate surface area is 219 Å². The predicted octanol–water partition coefficient (Wildman–Crippen LogP) is 5.46. The van der Waals surface area contributed by atoms with Gasteiger partial charge >= 0.3 is 11.8 Å². The molecule has 202 valence electrons. The van der Waals surface area contributed by atoms with Gasteiger partial charge in [0.05, 0.1) is 11.0 Å². The Bertz CT molecular complexity index is 1040. The van der Waals surface area contributed by atoms with Gasteiger partial charge in [0.1, 0.15) is 12.2 Å². The summed E-state index contributed by atoms with van der Waals surface area (Å²) in [4.78, 5) is 40.8. The lowest BCUT2D eigenvalue weighted by molar-refractivity contribution is -0.422. The average molecular weight is 514 g/mol. The number of nitrogens with zero attached hydrogens (tertiary/aromatic N) is 3. The van der Waals surface area contributed by atoms with Crippen molar-refractivity contribution in [3.8, 4) is 0 Å². The molecule has 0 spiro atoms. The first-order chi connectivity index (χ1) is 17.3. The fourth-order valence-electron chi connectivity index (χ4n) is 4.15. The Kier molecular flexibility index (Phi) is 10.5. The molecule has 0 saturated carbocycles. The number of carbonyl (C=O) groups is 2. The van der Waals surface area contributed by atoms with Crippen LogP contribution in [-0.4, -0.2) is 57.5 Å². The molecule has 1 heterocycles. The first-order valence-electron chi connectivity index (χ1n) is 12.5. The van der Waals surface area contributed by atoms with Gasteiger partial charge in [-0.3, -0.25) is 14.9 Å². The molecule has 0 radical (unpaired) electrons. The molecule has 0 unspecified atom stereocenters. The van der Waals surface area contributed by atoms with E-state index in [1.165, 1.54) is 12.2 Å². The maximum Gasteiger partial charge on any atom is 0.410 e. The fraction of sp³-hybridized carbons (Fsp3) is 0.500. The molecule has 2 amide bonds. The average Bonchev–Trinajstić information content (AvgIpc) is 2.83. The zero-order chi connectivity index (χ0) is 27.8. The minimum atomic E-state index is -0.617. The highest BCUT2D eigenvalue weighted by atomic mass is 16.6. The molecule has 9 nitrogen and oxygen atoms in total. The number of hydrogen-bond donors (Lipinski definition) is 0. The Morgan fingerprint density at radius 1 is 1.27 bits per heavy atom. The van der Waals surface area contributed by atoms with Crippen LogP contribution in [-0.2, 0) is 20.9 Å². The van der Waals surface area contributed by atoms with Gasteiger partial charge in [-0.15, -0.1) is 0 Å². The topological polar surface area (TPSA) is 102 Å². The van der Waals surface area contributed by atoms with Gasteiger partial charge < -0.3 is 19.3 Å². The summed E-state index contributed by atoms with van der Waals surface area (Å²) in [6.45, 7) is 15.4. The minimum absolute atomic E-state index is 0.0223. The zero-order valence-corrected chi connectivity index (χ0v) is 22.7. The molecule has 1 atom stereocenters. The van der Waals surface area contributed by atoms with Gasteiger partial charge in [-0.2, -0.15) is 0 Å². The number of piperidine rings is 1. The minimum Gasteiger partial charge on any atom is -0.482 e. The summed E-state index contributed by atoms with van der Waals surface area (Å²) in [6, 6.07) is 8.84. The van der Waals surface area contributed by atoms with E-state index in [2.05, 4.69) is 6.58 Å². The highest BCUT2D eigenvalue weighted by Gasteiger charge is 2.34. The quantitative estimate of drug-likeness (QED) is 0.143. The summed E-state index contributed by atoms with van der Waals surface area (Å²) in [7, 11) is 0. The molecule has 0 N–H and O–H groups in total. The van der Waals surface area contributed by atoms with Crippen LogP contribution >= 0.6 is 0 Å². The van der Waals surface area contributed by atoms with Crippen molar-refractivity contribution in [1.29, 1.82) is 0 Å². The van der Waals surface area contributed by atoms with Crippen LogP contribution in [0, 0.1) is 10.1 Å². The lowest BCUT2D eigenvalue weighted by Gasteiger charge is -2.41. The SMILES string of the molecule is C=C/C(OCc1ccccc1)=C(\C=C(/C)C(=O)N(C(C)C)[C@@H]1CCCN(C(=O)OC(C)(C)C)C1)[N+](=O)[O-]. The Hall–Kier alpha value is -3.62. The number of amides is 2. The van der Waals surface area contributed by atoms with E-state index < -0.39 is 16.6 Å². The Morgan fingerprint density at radius 3 is 2.46 bits per heavy atom. The van der Waals surface area contributed by atoms with Crippen molar-refractivity contribution in [3.05, 3.63) is 81.8 Å². The fourth-order valence-corrected chi connectivity index (χ4v) is 4.15. The molecule has 0 bridgehead atoms. The molecule has 0 aromatic heterocycles. The molecule has 1 aliphatic heterocycles. The van der Waals surface area contributed by atoms with Gasteiger partial charge in [-0.25, -0.2) is 4.79 Å². The lowest BCUT2D eigenvalue weighted by Crippen LogP contribution is -2.54. The van der Waals surface area contributed by atoms with Crippen molar-refractivity contribution >= 4 is 12.0 Å². The summed E-state index contributed by atoms with van der Waals surface area (Å²) in [5.41, 5.74) is 0.0734. The van der Waals surface area contributed by atoms with E-state index in [0.29, 0.717) is 19.5 Å². The monoisotopic (exact) mass is 513 g/mol. The van der Waals surface area contributed by atoms with Crippen LogP contribution in [0.15, 0.2) is 66.1 Å². The number of nitro groups is 1. The summed E-state index contributed by atoms with van der Waals surface area (Å²) < 4.78 is 11.2. The standard InChI is InChI=1S/C28H39N3O6/c1-8-25(36-19-22-13-10-9-11-14-22)24(31(34)35)17-21(4)26(32)30(20(2)3)23-15-12-16-29(18-23)27(33)37-28(5,6)7/h8-11,13-14,17,20,23H,1,12,15-16,18-19H2,2-7H3/b21-17+,25-24-/t23-/m1/s1. The highest BCUT2D eigenvalue weighted by Crippen LogP contribution is 2.23. The van der Waals surface area contributed by atoms with Crippen LogP contribution < -0.4 is 0 Å². The highest BCUT2D eigenvalue weighted by molar-refractivity contribution is 5.93. The lowest BCUT2D eigenvalue weighted by atomic mass is 10.0. The van der Waals surface area contributed by atoms with E-state index in [-0.39, 0.29) is 41.6 Å². The third kappa shape index (κ3) is 8.77. The van der Waals surface area contributed by atoms with Crippen LogP contribution in [0.3, 0.4) is 0 Å². The summed E-state index contributed by atoms with van der Waals surface area (Å²) in [5.74, 6) is -0.359. The van der Waals surface area contributed by atoms with Crippen molar-refractivity contribution in [3.63, 3.8) is 0 Å². The Balaban J connectivity index is 2.27. The molecule has 1 aliphatic rings. The van der Waals surface area contributed by atoms with E-state index >= 15 is 0 Å². The number of ether oxygens (including phenoxy) is 2. The Morgan fingerprint density at radius 2 is 1.92 bits per heavy atom. The van der Waals surface area contributed by atoms with Gasteiger partial charge in [0.15, 0.2) is 5.76 Å². The van der Waals surface area contributed by atoms with Crippen LogP contribution in [0.4, 0.5) is 4.79 Å². The molecule has 37 heavy (non-hydrogen) atoms. The molecule has 1 saturated heterocycles. The van der Waals surface area contributed by atoms with Gasteiger partial charge in [-0.1, -0.05) is 36.9 Å². The summed E-state index contributed by atoms with van der Waals surface area (Å²) in [6.07, 6.45) is 3.53. The second-order valence-corrected chi connectivity index (χ2v) is 10.3. The third-order valence-corrected chi connectivity index (χ3v) is 5.79. The maximum atomic E-state index is 13.5. The van der Waals surface area contributed by atoms with E-state index in [0.717, 1.165) is 12.0 Å². The van der Waals surface area contributed by atoms with Crippen LogP contribution in [0.2, 0.25) is 0 Å². The van der Waals surface area contributed by atoms with E-state index in [4.69, 9.17) is 9.47 Å². The second kappa shape index (κ2) is 13.1. The van der Waals surface area contributed by atoms with Gasteiger partial charge in [0.25, 0.3) is 0 Å². The first kappa shape index (κ1) is 29.6. The molecule has 1 aromatic rings. The first-order valence-corrected chi connectivity index (χ1v) is 12.5. The summed E-state index contributed by atoms with van der Waals surface area (Å²) in [5, 5.41) is 11.9. The number of hydrogen-bond acceptors (Lipinski definition) is 6. The largest absolute Gasteiger partial charge is 0.482 e. The number of rotatable bonds is 9. The van der Waals surface area contributed by atoms with E-state index in [9.17, 15) is 19.7 Å². The molecular formula is C28H39N3O6. The van der Waals surface area contributed by atoms with Gasteiger partial charge in [0.2, 0.25) is 5.91 Å². The smallest absolute Gasteiger partial charge is 0.410 e. The zero-order valence-electron chi connectivity index (χ0n) is 22.7. The number of benzene rings is 1. The maximum absolute atomic E-state index is 13.5. The van der Waals surface area contributed by atoms with Crippen molar-refractivity contribution in [1.82, 2.24) is 9.80 Å². The summed E-state index contributed by atoms with van der Waals surface area (Å²) >= 11 is 0. The number of carbonyl (C=O) groups excluding carboxylic acids is 2. The van der Waals surface area contributed by atoms with E-state index in [1.807, 2.05) is 65.0 Å². The third-order valence-electron chi connectivity index (χ3n) is 5.79. The van der Waals surface area contributed by atoms with E-state index in [1.54, 1.807) is 16.7 Å². The molecular weight excluding hydrogens is 474 g/mol. The number of allylic oxidation sites excluding steroid dienone is 2. The number of likely N-dealkylation sites (tertiary alicyclic amines) is 1. The normalized spacial score (nSPS) is 17.1. The predicted molar refractivity (Wildman–Crippen MR) is 142 cm³/mol.